The van der Waals surface area contributed by atoms with Gasteiger partial charge in [-0.25, -0.2) is 8.42 Å². The Hall–Kier alpha value is 0.200. The van der Waals surface area contributed by atoms with Crippen molar-refractivity contribution in [2.24, 2.45) is 0 Å². The van der Waals surface area contributed by atoms with Crippen molar-refractivity contribution < 1.29 is 8.42 Å². The SMILES string of the molecule is CCCN(C1CC1)S(=O)(=O)CCl. The summed E-state index contributed by atoms with van der Waals surface area (Å²) in [4.78, 5) is 0. The Morgan fingerprint density at radius 3 is 2.42 bits per heavy atom. The summed E-state index contributed by atoms with van der Waals surface area (Å²) in [5.41, 5.74) is 0. The molecule has 0 atom stereocenters. The molecular weight excluding hydrogens is 198 g/mol. The van der Waals surface area contributed by atoms with Crippen molar-refractivity contribution in [3.8, 4) is 0 Å². The second-order valence-corrected chi connectivity index (χ2v) is 5.57. The topological polar surface area (TPSA) is 37.4 Å². The molecule has 0 amide bonds. The Morgan fingerprint density at radius 1 is 1.50 bits per heavy atom. The van der Waals surface area contributed by atoms with Gasteiger partial charge in [-0.05, 0) is 19.3 Å². The minimum Gasteiger partial charge on any atom is -0.211 e. The van der Waals surface area contributed by atoms with E-state index in [0.29, 0.717) is 6.54 Å². The Kier molecular flexibility index (Phi) is 3.37. The molecule has 0 aliphatic heterocycles. The molecule has 0 radical (unpaired) electrons. The van der Waals surface area contributed by atoms with Crippen molar-refractivity contribution in [2.75, 3.05) is 11.8 Å². The molecule has 0 spiro atoms. The third kappa shape index (κ3) is 2.34. The molecule has 0 bridgehead atoms. The van der Waals surface area contributed by atoms with Crippen LogP contribution in [0, 0.1) is 0 Å². The van der Waals surface area contributed by atoms with Crippen LogP contribution in [0.2, 0.25) is 0 Å². The summed E-state index contributed by atoms with van der Waals surface area (Å²) >= 11 is 5.37. The first kappa shape index (κ1) is 10.3. The van der Waals surface area contributed by atoms with Crippen LogP contribution in [0.25, 0.3) is 0 Å². The zero-order valence-electron chi connectivity index (χ0n) is 7.16. The molecule has 0 heterocycles. The molecule has 3 nitrogen and oxygen atoms in total. The van der Waals surface area contributed by atoms with E-state index < -0.39 is 10.0 Å². The summed E-state index contributed by atoms with van der Waals surface area (Å²) in [6.45, 7) is 2.58. The van der Waals surface area contributed by atoms with Crippen LogP contribution < -0.4 is 0 Å². The molecule has 1 saturated carbocycles. The van der Waals surface area contributed by atoms with Crippen molar-refractivity contribution in [3.63, 3.8) is 0 Å². The molecule has 1 aliphatic rings. The minimum atomic E-state index is -3.16. The summed E-state index contributed by atoms with van der Waals surface area (Å²) in [6, 6.07) is 0.244. The van der Waals surface area contributed by atoms with E-state index in [-0.39, 0.29) is 11.3 Å². The first-order valence-corrected chi connectivity index (χ1v) is 6.31. The van der Waals surface area contributed by atoms with E-state index in [9.17, 15) is 8.42 Å². The highest BCUT2D eigenvalue weighted by Gasteiger charge is 2.35. The van der Waals surface area contributed by atoms with Gasteiger partial charge in [0.15, 0.2) is 0 Å². The zero-order chi connectivity index (χ0) is 9.19. The van der Waals surface area contributed by atoms with E-state index >= 15 is 0 Å². The molecule has 0 N–H and O–H groups in total. The van der Waals surface area contributed by atoms with Crippen molar-refractivity contribution in [1.82, 2.24) is 4.31 Å². The second kappa shape index (κ2) is 3.94. The number of hydrogen-bond donors (Lipinski definition) is 0. The van der Waals surface area contributed by atoms with Crippen LogP contribution >= 0.6 is 11.6 Å². The van der Waals surface area contributed by atoms with Crippen molar-refractivity contribution in [2.45, 2.75) is 32.2 Å². The number of rotatable bonds is 5. The highest BCUT2D eigenvalue weighted by molar-refractivity contribution is 7.90. The van der Waals surface area contributed by atoms with E-state index in [1.54, 1.807) is 4.31 Å². The summed E-state index contributed by atoms with van der Waals surface area (Å²) in [5.74, 6) is 0. The summed E-state index contributed by atoms with van der Waals surface area (Å²) in [5, 5.41) is -0.288. The Bertz CT molecular complexity index is 236. The second-order valence-electron chi connectivity index (χ2n) is 3.06. The van der Waals surface area contributed by atoms with Crippen LogP contribution in [-0.2, 0) is 10.0 Å². The van der Waals surface area contributed by atoms with Gasteiger partial charge in [-0.3, -0.25) is 0 Å². The lowest BCUT2D eigenvalue weighted by molar-refractivity contribution is 0.406. The minimum absolute atomic E-state index is 0.244. The maximum absolute atomic E-state index is 11.4. The van der Waals surface area contributed by atoms with Gasteiger partial charge in [-0.1, -0.05) is 6.92 Å². The maximum Gasteiger partial charge on any atom is 0.228 e. The number of nitrogens with zero attached hydrogens (tertiary/aromatic N) is 1. The predicted molar refractivity (Wildman–Crippen MR) is 49.7 cm³/mol. The molecule has 1 aliphatic carbocycles. The van der Waals surface area contributed by atoms with Crippen molar-refractivity contribution in [3.05, 3.63) is 0 Å². The standard InChI is InChI=1S/C7H14ClNO2S/c1-2-5-9(7-3-4-7)12(10,11)6-8/h7H,2-6H2,1H3. The first-order chi connectivity index (χ1) is 5.61. The fourth-order valence-electron chi connectivity index (χ4n) is 1.19. The van der Waals surface area contributed by atoms with Crippen LogP contribution in [0.5, 0.6) is 0 Å². The molecule has 0 aromatic rings. The number of alkyl halides is 1. The van der Waals surface area contributed by atoms with Gasteiger partial charge in [0.05, 0.1) is 0 Å². The van der Waals surface area contributed by atoms with Crippen LogP contribution in [0.3, 0.4) is 0 Å². The molecule has 0 aromatic heterocycles. The van der Waals surface area contributed by atoms with Crippen LogP contribution in [0.1, 0.15) is 26.2 Å². The van der Waals surface area contributed by atoms with Gasteiger partial charge in [-0.2, -0.15) is 4.31 Å². The molecule has 0 saturated heterocycles. The van der Waals surface area contributed by atoms with Gasteiger partial charge >= 0.3 is 0 Å². The first-order valence-electron chi connectivity index (χ1n) is 4.17. The van der Waals surface area contributed by atoms with Gasteiger partial charge < -0.3 is 0 Å². The Morgan fingerprint density at radius 2 is 2.08 bits per heavy atom. The number of hydrogen-bond acceptors (Lipinski definition) is 2. The summed E-state index contributed by atoms with van der Waals surface area (Å²) in [6.07, 6.45) is 2.85. The molecule has 5 heteroatoms. The molecule has 12 heavy (non-hydrogen) atoms. The summed E-state index contributed by atoms with van der Waals surface area (Å²) < 4.78 is 24.3. The molecule has 72 valence electrons. The monoisotopic (exact) mass is 211 g/mol. The van der Waals surface area contributed by atoms with Crippen LogP contribution in [0.15, 0.2) is 0 Å². The lowest BCUT2D eigenvalue weighted by Crippen LogP contribution is -2.34. The van der Waals surface area contributed by atoms with Gasteiger partial charge in [0.2, 0.25) is 10.0 Å². The van der Waals surface area contributed by atoms with Crippen molar-refractivity contribution >= 4 is 21.6 Å². The van der Waals surface area contributed by atoms with Gasteiger partial charge in [0, 0.05) is 12.6 Å². The zero-order valence-corrected chi connectivity index (χ0v) is 8.74. The molecule has 1 fully saturated rings. The Labute approximate surface area is 78.7 Å². The van der Waals surface area contributed by atoms with Crippen LogP contribution in [0.4, 0.5) is 0 Å². The third-order valence-electron chi connectivity index (χ3n) is 1.89. The lowest BCUT2D eigenvalue weighted by atomic mass is 10.5. The molecule has 0 aromatic carbocycles. The third-order valence-corrected chi connectivity index (χ3v) is 4.19. The van der Waals surface area contributed by atoms with Gasteiger partial charge in [0.25, 0.3) is 0 Å². The van der Waals surface area contributed by atoms with Gasteiger partial charge in [0.1, 0.15) is 5.21 Å². The fraction of sp³-hybridized carbons (Fsp3) is 1.00. The average Bonchev–Trinajstić information content (AvgIpc) is 2.83. The fourth-order valence-corrected chi connectivity index (χ4v) is 2.82. The molecular formula is C7H14ClNO2S. The number of halogens is 1. The van der Waals surface area contributed by atoms with E-state index in [4.69, 9.17) is 11.6 Å². The van der Waals surface area contributed by atoms with E-state index in [1.807, 2.05) is 6.92 Å². The van der Waals surface area contributed by atoms with Crippen molar-refractivity contribution in [1.29, 1.82) is 0 Å². The lowest BCUT2D eigenvalue weighted by Gasteiger charge is -2.19. The molecule has 0 unspecified atom stereocenters. The highest BCUT2D eigenvalue weighted by atomic mass is 35.5. The van der Waals surface area contributed by atoms with E-state index in [2.05, 4.69) is 0 Å². The molecule has 1 rings (SSSR count). The normalized spacial score (nSPS) is 18.6. The quantitative estimate of drug-likeness (QED) is 0.645. The Balaban J connectivity index is 2.64. The highest BCUT2D eigenvalue weighted by Crippen LogP contribution is 2.29. The van der Waals surface area contributed by atoms with E-state index in [1.165, 1.54) is 0 Å². The number of sulfonamides is 1. The van der Waals surface area contributed by atoms with Gasteiger partial charge in [-0.15, -0.1) is 11.6 Å². The summed E-state index contributed by atoms with van der Waals surface area (Å²) in [7, 11) is -3.16. The largest absolute Gasteiger partial charge is 0.228 e. The predicted octanol–water partition coefficient (Wildman–Crippen LogP) is 1.39. The smallest absolute Gasteiger partial charge is 0.211 e. The van der Waals surface area contributed by atoms with E-state index in [0.717, 1.165) is 19.3 Å². The average molecular weight is 212 g/mol. The van der Waals surface area contributed by atoms with Crippen LogP contribution in [-0.4, -0.2) is 30.5 Å². The maximum atomic E-state index is 11.4.